The number of aryl methyl sites for hydroxylation is 1. The first kappa shape index (κ1) is 11.9. The predicted molar refractivity (Wildman–Crippen MR) is 69.9 cm³/mol. The normalized spacial score (nSPS) is 10.5. The van der Waals surface area contributed by atoms with Crippen molar-refractivity contribution in [1.82, 2.24) is 9.78 Å². The lowest BCUT2D eigenvalue weighted by atomic mass is 10.1. The second kappa shape index (κ2) is 4.71. The zero-order valence-electron chi connectivity index (χ0n) is 9.35. The van der Waals surface area contributed by atoms with Gasteiger partial charge in [0, 0.05) is 28.5 Å². The maximum atomic E-state index is 12.1. The topological polar surface area (TPSA) is 60.9 Å². The molecule has 0 bridgehead atoms. The number of benzene rings is 1. The van der Waals surface area contributed by atoms with Gasteiger partial charge in [0.25, 0.3) is 0 Å². The molecule has 0 amide bonds. The molecular formula is C12H12BrN3O. The summed E-state index contributed by atoms with van der Waals surface area (Å²) in [5.74, 6) is -0.0506. The summed E-state index contributed by atoms with van der Waals surface area (Å²) in [6, 6.07) is 5.15. The van der Waals surface area contributed by atoms with Gasteiger partial charge in [0.15, 0.2) is 5.78 Å². The summed E-state index contributed by atoms with van der Waals surface area (Å²) in [4.78, 5) is 12.1. The highest BCUT2D eigenvalue weighted by Gasteiger charge is 2.12. The van der Waals surface area contributed by atoms with Crippen molar-refractivity contribution >= 4 is 27.4 Å². The number of ketones is 1. The van der Waals surface area contributed by atoms with Gasteiger partial charge in [0.2, 0.25) is 0 Å². The van der Waals surface area contributed by atoms with Gasteiger partial charge in [0.05, 0.1) is 11.8 Å². The summed E-state index contributed by atoms with van der Waals surface area (Å²) in [6.07, 6.45) is 3.32. The summed E-state index contributed by atoms with van der Waals surface area (Å²) in [5.41, 5.74) is 7.48. The van der Waals surface area contributed by atoms with Crippen LogP contribution in [0.15, 0.2) is 35.1 Å². The third-order valence-electron chi connectivity index (χ3n) is 2.48. The first-order chi connectivity index (χ1) is 8.11. The van der Waals surface area contributed by atoms with Crippen molar-refractivity contribution in [1.29, 1.82) is 0 Å². The molecule has 0 unspecified atom stereocenters. The van der Waals surface area contributed by atoms with E-state index in [0.717, 1.165) is 11.0 Å². The molecule has 0 fully saturated rings. The lowest BCUT2D eigenvalue weighted by Gasteiger charge is -2.01. The minimum atomic E-state index is -0.0506. The zero-order valence-corrected chi connectivity index (χ0v) is 10.9. The van der Waals surface area contributed by atoms with Gasteiger partial charge in [-0.25, -0.2) is 0 Å². The molecule has 2 aromatic rings. The van der Waals surface area contributed by atoms with Gasteiger partial charge in [-0.2, -0.15) is 5.10 Å². The molecule has 1 heterocycles. The van der Waals surface area contributed by atoms with Crippen molar-refractivity contribution in [3.8, 4) is 0 Å². The van der Waals surface area contributed by atoms with E-state index < -0.39 is 0 Å². The smallest absolute Gasteiger partial charge is 0.196 e. The van der Waals surface area contributed by atoms with Gasteiger partial charge in [0.1, 0.15) is 0 Å². The molecule has 0 saturated carbocycles. The van der Waals surface area contributed by atoms with Gasteiger partial charge < -0.3 is 5.73 Å². The SMILES string of the molecule is CCn1cc(C(=O)c2ccc(N)c(Br)c2)cn1. The number of hydrogen-bond donors (Lipinski definition) is 1. The Bertz CT molecular complexity index is 563. The Morgan fingerprint density at radius 1 is 1.47 bits per heavy atom. The Kier molecular flexibility index (Phi) is 3.28. The number of carbonyl (C=O) groups excluding carboxylic acids is 1. The summed E-state index contributed by atoms with van der Waals surface area (Å²) >= 11 is 3.31. The molecule has 17 heavy (non-hydrogen) atoms. The summed E-state index contributed by atoms with van der Waals surface area (Å²) in [6.45, 7) is 2.72. The van der Waals surface area contributed by atoms with Gasteiger partial charge >= 0.3 is 0 Å². The first-order valence-corrected chi connectivity index (χ1v) is 6.03. The van der Waals surface area contributed by atoms with Crippen molar-refractivity contribution in [3.05, 3.63) is 46.2 Å². The van der Waals surface area contributed by atoms with Gasteiger partial charge in [-0.3, -0.25) is 9.48 Å². The molecule has 1 aromatic heterocycles. The molecule has 2 N–H and O–H groups in total. The Morgan fingerprint density at radius 3 is 2.82 bits per heavy atom. The van der Waals surface area contributed by atoms with Gasteiger partial charge in [-0.1, -0.05) is 0 Å². The lowest BCUT2D eigenvalue weighted by Crippen LogP contribution is -2.01. The number of nitrogen functional groups attached to an aromatic ring is 1. The Labute approximate surface area is 108 Å². The van der Waals surface area contributed by atoms with E-state index in [9.17, 15) is 4.79 Å². The number of hydrogen-bond acceptors (Lipinski definition) is 3. The number of nitrogens with two attached hydrogens (primary N) is 1. The molecule has 2 rings (SSSR count). The van der Waals surface area contributed by atoms with E-state index >= 15 is 0 Å². The van der Waals surface area contributed by atoms with E-state index in [1.807, 2.05) is 6.92 Å². The van der Waals surface area contributed by atoms with E-state index in [4.69, 9.17) is 5.73 Å². The van der Waals surface area contributed by atoms with Crippen molar-refractivity contribution < 1.29 is 4.79 Å². The van der Waals surface area contributed by atoms with Crippen LogP contribution in [0, 0.1) is 0 Å². The van der Waals surface area contributed by atoms with Crippen LogP contribution >= 0.6 is 15.9 Å². The quantitative estimate of drug-likeness (QED) is 0.699. The maximum Gasteiger partial charge on any atom is 0.196 e. The molecule has 0 saturated heterocycles. The maximum absolute atomic E-state index is 12.1. The zero-order chi connectivity index (χ0) is 12.4. The monoisotopic (exact) mass is 293 g/mol. The fraction of sp³-hybridized carbons (Fsp3) is 0.167. The average Bonchev–Trinajstić information content (AvgIpc) is 2.80. The Balaban J connectivity index is 2.33. The standard InChI is InChI=1S/C12H12BrN3O/c1-2-16-7-9(6-15-16)12(17)8-3-4-11(14)10(13)5-8/h3-7H,2,14H2,1H3. The van der Waals surface area contributed by atoms with Gasteiger partial charge in [-0.15, -0.1) is 0 Å². The molecule has 0 atom stereocenters. The van der Waals surface area contributed by atoms with Crippen LogP contribution in [0.2, 0.25) is 0 Å². The molecule has 88 valence electrons. The highest BCUT2D eigenvalue weighted by Crippen LogP contribution is 2.21. The molecule has 0 radical (unpaired) electrons. The second-order valence-electron chi connectivity index (χ2n) is 3.65. The average molecular weight is 294 g/mol. The van der Waals surface area contributed by atoms with Crippen molar-refractivity contribution in [2.75, 3.05) is 5.73 Å². The lowest BCUT2D eigenvalue weighted by molar-refractivity contribution is 0.103. The number of aromatic nitrogens is 2. The van der Waals surface area contributed by atoms with Crippen LogP contribution < -0.4 is 5.73 Å². The number of halogens is 1. The van der Waals surface area contributed by atoms with Crippen LogP contribution in [0.25, 0.3) is 0 Å². The highest BCUT2D eigenvalue weighted by atomic mass is 79.9. The molecule has 0 aliphatic heterocycles. The number of anilines is 1. The van der Waals surface area contributed by atoms with Gasteiger partial charge in [-0.05, 0) is 41.1 Å². The molecular weight excluding hydrogens is 282 g/mol. The highest BCUT2D eigenvalue weighted by molar-refractivity contribution is 9.10. The largest absolute Gasteiger partial charge is 0.398 e. The van der Waals surface area contributed by atoms with E-state index in [1.54, 1.807) is 35.3 Å². The fourth-order valence-corrected chi connectivity index (χ4v) is 1.87. The van der Waals surface area contributed by atoms with Crippen LogP contribution in [0.1, 0.15) is 22.8 Å². The van der Waals surface area contributed by atoms with Crippen LogP contribution in [-0.4, -0.2) is 15.6 Å². The van der Waals surface area contributed by atoms with E-state index in [0.29, 0.717) is 16.8 Å². The van der Waals surface area contributed by atoms with Crippen molar-refractivity contribution in [2.24, 2.45) is 0 Å². The first-order valence-electron chi connectivity index (χ1n) is 5.24. The molecule has 0 aliphatic rings. The van der Waals surface area contributed by atoms with E-state index in [-0.39, 0.29) is 5.78 Å². The van der Waals surface area contributed by atoms with E-state index in [1.165, 1.54) is 0 Å². The molecule has 0 spiro atoms. The van der Waals surface area contributed by atoms with Crippen molar-refractivity contribution in [2.45, 2.75) is 13.5 Å². The molecule has 5 heteroatoms. The minimum absolute atomic E-state index is 0.0506. The summed E-state index contributed by atoms with van der Waals surface area (Å²) in [5, 5.41) is 4.08. The summed E-state index contributed by atoms with van der Waals surface area (Å²) in [7, 11) is 0. The molecule has 1 aromatic carbocycles. The number of nitrogens with zero attached hydrogens (tertiary/aromatic N) is 2. The minimum Gasteiger partial charge on any atom is -0.398 e. The summed E-state index contributed by atoms with van der Waals surface area (Å²) < 4.78 is 2.45. The van der Waals surface area contributed by atoms with Crippen LogP contribution in [0.4, 0.5) is 5.69 Å². The third-order valence-corrected chi connectivity index (χ3v) is 3.17. The Morgan fingerprint density at radius 2 is 2.24 bits per heavy atom. The van der Waals surface area contributed by atoms with E-state index in [2.05, 4.69) is 21.0 Å². The van der Waals surface area contributed by atoms with Crippen LogP contribution in [0.3, 0.4) is 0 Å². The predicted octanol–water partition coefficient (Wildman–Crippen LogP) is 2.48. The number of carbonyl (C=O) groups is 1. The van der Waals surface area contributed by atoms with Crippen LogP contribution in [-0.2, 0) is 6.54 Å². The number of rotatable bonds is 3. The second-order valence-corrected chi connectivity index (χ2v) is 4.50. The molecule has 4 nitrogen and oxygen atoms in total. The third kappa shape index (κ3) is 2.39. The Hall–Kier alpha value is -1.62. The fourth-order valence-electron chi connectivity index (χ4n) is 1.49. The van der Waals surface area contributed by atoms with Crippen molar-refractivity contribution in [3.63, 3.8) is 0 Å². The molecule has 0 aliphatic carbocycles. The van der Waals surface area contributed by atoms with Crippen LogP contribution in [0.5, 0.6) is 0 Å².